The standard InChI is InChI=1S/C29H42O6/c1-6-8-24(32)34-29(35-25(33)9-7-2)17-23-21-11-10-19-16-20(31)12-14-27(19,4)22(21)13-15-28(23,5)26(29)18(3)30/h16,21-23,26H,6-15,17H2,1-5H3/t21-,22+,23+,26-,27+,28+/m1/s1. The van der Waals surface area contributed by atoms with Crippen LogP contribution in [0, 0.1) is 34.5 Å². The van der Waals surface area contributed by atoms with E-state index in [-0.39, 0.29) is 35.7 Å². The quantitative estimate of drug-likeness (QED) is 0.338. The Morgan fingerprint density at radius 2 is 1.57 bits per heavy atom. The van der Waals surface area contributed by atoms with Crippen molar-refractivity contribution in [1.29, 1.82) is 0 Å². The van der Waals surface area contributed by atoms with Gasteiger partial charge in [-0.15, -0.1) is 0 Å². The second kappa shape index (κ2) is 9.48. The SMILES string of the molecule is CCCC(=O)OC1(OC(=O)CCC)C[C@H]2[C@@H]3CCC4=CC(=O)CC[C@]4(C)[C@H]3CC[C@]2(C)[C@H]1C(C)=O. The molecule has 6 atom stereocenters. The summed E-state index contributed by atoms with van der Waals surface area (Å²) in [7, 11) is 0. The van der Waals surface area contributed by atoms with Crippen molar-refractivity contribution in [2.45, 2.75) is 111 Å². The van der Waals surface area contributed by atoms with Crippen LogP contribution in [0.15, 0.2) is 11.6 Å². The van der Waals surface area contributed by atoms with Gasteiger partial charge in [0.25, 0.3) is 5.79 Å². The van der Waals surface area contributed by atoms with E-state index in [9.17, 15) is 19.2 Å². The van der Waals surface area contributed by atoms with Crippen LogP contribution in [0.4, 0.5) is 0 Å². The third-order valence-corrected chi connectivity index (χ3v) is 9.89. The predicted molar refractivity (Wildman–Crippen MR) is 131 cm³/mol. The Balaban J connectivity index is 1.74. The average Bonchev–Trinajstić information content (AvgIpc) is 3.02. The molecular formula is C29H42O6. The number of allylic oxidation sites excluding steroid dienone is 1. The molecule has 0 saturated heterocycles. The lowest BCUT2D eigenvalue weighted by Gasteiger charge is -2.57. The fourth-order valence-corrected chi connectivity index (χ4v) is 8.47. The van der Waals surface area contributed by atoms with E-state index >= 15 is 0 Å². The smallest absolute Gasteiger partial charge is 0.309 e. The Morgan fingerprint density at radius 3 is 2.14 bits per heavy atom. The van der Waals surface area contributed by atoms with E-state index in [1.165, 1.54) is 5.57 Å². The van der Waals surface area contributed by atoms with Crippen LogP contribution in [0.3, 0.4) is 0 Å². The molecule has 35 heavy (non-hydrogen) atoms. The van der Waals surface area contributed by atoms with Gasteiger partial charge in [-0.1, -0.05) is 33.3 Å². The van der Waals surface area contributed by atoms with Gasteiger partial charge in [0.05, 0.1) is 0 Å². The summed E-state index contributed by atoms with van der Waals surface area (Å²) in [6.45, 7) is 9.83. The largest absolute Gasteiger partial charge is 0.422 e. The van der Waals surface area contributed by atoms with Crippen LogP contribution in [0.2, 0.25) is 0 Å². The van der Waals surface area contributed by atoms with Crippen molar-refractivity contribution < 1.29 is 28.7 Å². The van der Waals surface area contributed by atoms with E-state index < -0.39 is 29.1 Å². The van der Waals surface area contributed by atoms with Gasteiger partial charge in [-0.2, -0.15) is 0 Å². The molecule has 4 aliphatic rings. The van der Waals surface area contributed by atoms with Gasteiger partial charge in [-0.25, -0.2) is 0 Å². The number of esters is 2. The first-order chi connectivity index (χ1) is 16.5. The number of ketones is 2. The van der Waals surface area contributed by atoms with Crippen molar-refractivity contribution in [3.8, 4) is 0 Å². The molecule has 0 unspecified atom stereocenters. The minimum absolute atomic E-state index is 0.00704. The molecule has 6 heteroatoms. The number of carbonyl (C=O) groups excluding carboxylic acids is 4. The summed E-state index contributed by atoms with van der Waals surface area (Å²) in [6, 6.07) is 0. The molecule has 4 aliphatic carbocycles. The van der Waals surface area contributed by atoms with E-state index in [0.717, 1.165) is 32.1 Å². The second-order valence-electron chi connectivity index (χ2n) is 12.0. The Kier molecular flexibility index (Phi) is 7.07. The fourth-order valence-electron chi connectivity index (χ4n) is 8.47. The van der Waals surface area contributed by atoms with Gasteiger partial charge in [0.15, 0.2) is 5.78 Å². The lowest BCUT2D eigenvalue weighted by Crippen LogP contribution is -2.52. The van der Waals surface area contributed by atoms with Crippen LogP contribution in [-0.2, 0) is 28.7 Å². The average molecular weight is 487 g/mol. The fraction of sp³-hybridized carbons (Fsp3) is 0.793. The zero-order chi connectivity index (χ0) is 25.6. The summed E-state index contributed by atoms with van der Waals surface area (Å²) in [5.74, 6) is -2.00. The molecule has 0 aromatic heterocycles. The van der Waals surface area contributed by atoms with Gasteiger partial charge in [-0.3, -0.25) is 19.2 Å². The van der Waals surface area contributed by atoms with Crippen LogP contribution in [0.25, 0.3) is 0 Å². The van der Waals surface area contributed by atoms with Crippen LogP contribution >= 0.6 is 0 Å². The van der Waals surface area contributed by atoms with Crippen LogP contribution < -0.4 is 0 Å². The van der Waals surface area contributed by atoms with E-state index in [4.69, 9.17) is 9.47 Å². The van der Waals surface area contributed by atoms with Gasteiger partial charge < -0.3 is 9.47 Å². The Bertz CT molecular complexity index is 913. The minimum atomic E-state index is -1.53. The Hall–Kier alpha value is -1.98. The van der Waals surface area contributed by atoms with Crippen molar-refractivity contribution in [2.75, 3.05) is 0 Å². The first kappa shape index (κ1) is 26.1. The number of fused-ring (bicyclic) bond motifs is 5. The van der Waals surface area contributed by atoms with E-state index in [1.807, 2.05) is 19.9 Å². The summed E-state index contributed by atoms with van der Waals surface area (Å²) < 4.78 is 12.1. The summed E-state index contributed by atoms with van der Waals surface area (Å²) in [5.41, 5.74) is 0.871. The molecule has 0 aliphatic heterocycles. The molecule has 0 N–H and O–H groups in total. The van der Waals surface area contributed by atoms with Gasteiger partial charge in [0.2, 0.25) is 0 Å². The molecule has 194 valence electrons. The van der Waals surface area contributed by atoms with E-state index in [0.29, 0.717) is 37.5 Å². The first-order valence-electron chi connectivity index (χ1n) is 13.7. The lowest BCUT2D eigenvalue weighted by molar-refractivity contribution is -0.244. The highest BCUT2D eigenvalue weighted by Crippen LogP contribution is 2.69. The summed E-state index contributed by atoms with van der Waals surface area (Å²) in [4.78, 5) is 51.0. The zero-order valence-electron chi connectivity index (χ0n) is 22.1. The maximum atomic E-state index is 13.3. The maximum absolute atomic E-state index is 13.3. The van der Waals surface area contributed by atoms with E-state index in [1.54, 1.807) is 6.92 Å². The van der Waals surface area contributed by atoms with E-state index in [2.05, 4.69) is 13.8 Å². The molecular weight excluding hydrogens is 444 g/mol. The number of ether oxygens (including phenoxy) is 2. The van der Waals surface area contributed by atoms with Crippen molar-refractivity contribution in [1.82, 2.24) is 0 Å². The highest BCUT2D eigenvalue weighted by Gasteiger charge is 2.70. The highest BCUT2D eigenvalue weighted by atomic mass is 16.7. The normalized spacial score (nSPS) is 37.4. The monoisotopic (exact) mass is 486 g/mol. The maximum Gasteiger partial charge on any atom is 0.309 e. The Labute approximate surface area is 209 Å². The molecule has 0 radical (unpaired) electrons. The van der Waals surface area contributed by atoms with Crippen LogP contribution in [0.5, 0.6) is 0 Å². The molecule has 0 aromatic rings. The van der Waals surface area contributed by atoms with Gasteiger partial charge in [0, 0.05) is 25.7 Å². The molecule has 0 amide bonds. The highest BCUT2D eigenvalue weighted by molar-refractivity contribution is 5.91. The lowest BCUT2D eigenvalue weighted by atomic mass is 9.46. The number of rotatable bonds is 7. The molecule has 0 heterocycles. The molecule has 6 nitrogen and oxygen atoms in total. The van der Waals surface area contributed by atoms with Crippen molar-refractivity contribution in [3.63, 3.8) is 0 Å². The molecule has 4 rings (SSSR count). The predicted octanol–water partition coefficient (Wildman–Crippen LogP) is 5.72. The Morgan fingerprint density at radius 1 is 0.943 bits per heavy atom. The number of hydrogen-bond acceptors (Lipinski definition) is 6. The molecule has 3 saturated carbocycles. The number of hydrogen-bond donors (Lipinski definition) is 0. The third kappa shape index (κ3) is 4.29. The van der Waals surface area contributed by atoms with Crippen molar-refractivity contribution in [3.05, 3.63) is 11.6 Å². The van der Waals surface area contributed by atoms with Crippen LogP contribution in [0.1, 0.15) is 105 Å². The molecule has 0 aromatic carbocycles. The molecule has 0 spiro atoms. The molecule has 0 bridgehead atoms. The van der Waals surface area contributed by atoms with Crippen molar-refractivity contribution in [2.24, 2.45) is 34.5 Å². The summed E-state index contributed by atoms with van der Waals surface area (Å²) >= 11 is 0. The molecule has 3 fully saturated rings. The number of Topliss-reactive ketones (excluding diaryl/α,β-unsaturated/α-hetero) is 1. The zero-order valence-corrected chi connectivity index (χ0v) is 22.1. The third-order valence-electron chi connectivity index (χ3n) is 9.89. The first-order valence-corrected chi connectivity index (χ1v) is 13.7. The topological polar surface area (TPSA) is 86.7 Å². The second-order valence-corrected chi connectivity index (χ2v) is 12.0. The van der Waals surface area contributed by atoms with Crippen LogP contribution in [-0.4, -0.2) is 29.3 Å². The van der Waals surface area contributed by atoms with Crippen molar-refractivity contribution >= 4 is 23.5 Å². The van der Waals surface area contributed by atoms with Gasteiger partial charge in [0.1, 0.15) is 11.7 Å². The summed E-state index contributed by atoms with van der Waals surface area (Å²) in [5, 5.41) is 0. The summed E-state index contributed by atoms with van der Waals surface area (Å²) in [6.07, 6.45) is 9.07. The van der Waals surface area contributed by atoms with Gasteiger partial charge in [-0.05, 0) is 86.5 Å². The number of carbonyl (C=O) groups is 4. The van der Waals surface area contributed by atoms with Gasteiger partial charge >= 0.3 is 11.9 Å². The minimum Gasteiger partial charge on any atom is -0.422 e.